The first-order valence-electron chi connectivity index (χ1n) is 5.48. The van der Waals surface area contributed by atoms with Crippen LogP contribution >= 0.6 is 0 Å². The molecule has 1 saturated heterocycles. The van der Waals surface area contributed by atoms with E-state index < -0.39 is 6.09 Å². The van der Waals surface area contributed by atoms with E-state index in [1.54, 1.807) is 4.90 Å². The lowest BCUT2D eigenvalue weighted by atomic mass is 10.3. The van der Waals surface area contributed by atoms with Gasteiger partial charge < -0.3 is 24.4 Å². The molecule has 0 aromatic carbocycles. The first-order valence-corrected chi connectivity index (χ1v) is 5.48. The van der Waals surface area contributed by atoms with Crippen molar-refractivity contribution < 1.29 is 24.2 Å². The van der Waals surface area contributed by atoms with Gasteiger partial charge >= 0.3 is 6.09 Å². The van der Waals surface area contributed by atoms with Gasteiger partial charge in [-0.2, -0.15) is 0 Å². The van der Waals surface area contributed by atoms with Crippen molar-refractivity contribution in [1.82, 2.24) is 9.80 Å². The number of aliphatic hydroxyl groups excluding tert-OH is 1. The van der Waals surface area contributed by atoms with Gasteiger partial charge in [0, 0.05) is 33.3 Å². The third-order valence-electron chi connectivity index (χ3n) is 2.48. The summed E-state index contributed by atoms with van der Waals surface area (Å²) in [6, 6.07) is 0. The van der Waals surface area contributed by atoms with Crippen LogP contribution in [0.25, 0.3) is 0 Å². The van der Waals surface area contributed by atoms with Crippen molar-refractivity contribution in [2.75, 3.05) is 53.1 Å². The Morgan fingerprint density at radius 1 is 1.18 bits per heavy atom. The number of rotatable bonds is 4. The summed E-state index contributed by atoms with van der Waals surface area (Å²) >= 11 is 0. The van der Waals surface area contributed by atoms with Gasteiger partial charge in [-0.1, -0.05) is 0 Å². The molecule has 0 aromatic heterocycles. The van der Waals surface area contributed by atoms with E-state index in [0.29, 0.717) is 26.2 Å². The van der Waals surface area contributed by atoms with Gasteiger partial charge in [-0.05, 0) is 0 Å². The van der Waals surface area contributed by atoms with E-state index in [9.17, 15) is 9.59 Å². The van der Waals surface area contributed by atoms with Gasteiger partial charge in [0.25, 0.3) is 0 Å². The highest BCUT2D eigenvalue weighted by Gasteiger charge is 2.24. The minimum atomic E-state index is -0.446. The molecule has 1 N–H and O–H groups in total. The maximum Gasteiger partial charge on any atom is 0.409 e. The SMILES string of the molecule is COCC(=O)N1CCN(C(=O)OCCO)CC1. The average Bonchev–Trinajstić information content (AvgIpc) is 2.36. The highest BCUT2D eigenvalue weighted by Crippen LogP contribution is 2.04. The smallest absolute Gasteiger partial charge is 0.409 e. The second-order valence-corrected chi connectivity index (χ2v) is 3.64. The highest BCUT2D eigenvalue weighted by molar-refractivity contribution is 5.78. The first-order chi connectivity index (χ1) is 8.19. The molecule has 1 fully saturated rings. The van der Waals surface area contributed by atoms with Gasteiger partial charge in [-0.3, -0.25) is 4.79 Å². The molecule has 2 amide bonds. The second-order valence-electron chi connectivity index (χ2n) is 3.64. The number of ether oxygens (including phenoxy) is 2. The number of carbonyl (C=O) groups excluding carboxylic acids is 2. The fourth-order valence-corrected chi connectivity index (χ4v) is 1.58. The molecule has 1 aliphatic heterocycles. The molecule has 7 heteroatoms. The third-order valence-corrected chi connectivity index (χ3v) is 2.48. The van der Waals surface area contributed by atoms with Crippen LogP contribution in [0.15, 0.2) is 0 Å². The number of carbonyl (C=O) groups is 2. The van der Waals surface area contributed by atoms with Crippen LogP contribution < -0.4 is 0 Å². The van der Waals surface area contributed by atoms with Crippen LogP contribution in [0, 0.1) is 0 Å². The first kappa shape index (κ1) is 13.7. The van der Waals surface area contributed by atoms with E-state index in [-0.39, 0.29) is 25.7 Å². The number of methoxy groups -OCH3 is 1. The van der Waals surface area contributed by atoms with Crippen molar-refractivity contribution in [2.24, 2.45) is 0 Å². The Morgan fingerprint density at radius 3 is 2.29 bits per heavy atom. The van der Waals surface area contributed by atoms with Gasteiger partial charge in [0.2, 0.25) is 5.91 Å². The Hall–Kier alpha value is -1.34. The zero-order chi connectivity index (χ0) is 12.7. The Morgan fingerprint density at radius 2 is 1.76 bits per heavy atom. The lowest BCUT2D eigenvalue weighted by molar-refractivity contribution is -0.136. The van der Waals surface area contributed by atoms with E-state index in [1.165, 1.54) is 12.0 Å². The maximum atomic E-state index is 11.5. The standard InChI is InChI=1S/C10H18N2O5/c1-16-8-9(14)11-2-4-12(5-3-11)10(15)17-7-6-13/h13H,2-8H2,1H3. The number of hydrogen-bond donors (Lipinski definition) is 1. The fourth-order valence-electron chi connectivity index (χ4n) is 1.58. The molecule has 0 aromatic rings. The van der Waals surface area contributed by atoms with E-state index in [1.807, 2.05) is 0 Å². The Kier molecular flexibility index (Phi) is 5.71. The molecule has 1 rings (SSSR count). The van der Waals surface area contributed by atoms with E-state index in [0.717, 1.165) is 0 Å². The van der Waals surface area contributed by atoms with Crippen molar-refractivity contribution in [2.45, 2.75) is 0 Å². The van der Waals surface area contributed by atoms with Crippen LogP contribution in [0.4, 0.5) is 4.79 Å². The van der Waals surface area contributed by atoms with Crippen molar-refractivity contribution in [3.63, 3.8) is 0 Å². The van der Waals surface area contributed by atoms with Crippen molar-refractivity contribution in [3.05, 3.63) is 0 Å². The summed E-state index contributed by atoms with van der Waals surface area (Å²) in [5, 5.41) is 8.52. The van der Waals surface area contributed by atoms with E-state index in [4.69, 9.17) is 14.6 Å². The molecule has 0 unspecified atom stereocenters. The largest absolute Gasteiger partial charge is 0.447 e. The zero-order valence-electron chi connectivity index (χ0n) is 9.92. The number of piperazine rings is 1. The zero-order valence-corrected chi connectivity index (χ0v) is 9.92. The minimum absolute atomic E-state index is 0.00164. The predicted molar refractivity (Wildman–Crippen MR) is 58.5 cm³/mol. The summed E-state index contributed by atoms with van der Waals surface area (Å²) in [6.45, 7) is 1.74. The number of amides is 2. The number of nitrogens with zero attached hydrogens (tertiary/aromatic N) is 2. The van der Waals surface area contributed by atoms with Crippen molar-refractivity contribution in [3.8, 4) is 0 Å². The predicted octanol–water partition coefficient (Wildman–Crippen LogP) is -1.09. The molecule has 0 saturated carbocycles. The summed E-state index contributed by atoms with van der Waals surface area (Å²) in [4.78, 5) is 26.1. The van der Waals surface area contributed by atoms with Crippen LogP contribution in [0.2, 0.25) is 0 Å². The number of aliphatic hydroxyl groups is 1. The molecule has 1 heterocycles. The quantitative estimate of drug-likeness (QED) is 0.681. The Labute approximate surface area is 99.9 Å². The average molecular weight is 246 g/mol. The Balaban J connectivity index is 2.30. The summed E-state index contributed by atoms with van der Waals surface area (Å²) in [5.41, 5.74) is 0. The van der Waals surface area contributed by atoms with Crippen LogP contribution in [0.1, 0.15) is 0 Å². The van der Waals surface area contributed by atoms with Gasteiger partial charge in [-0.15, -0.1) is 0 Å². The lowest BCUT2D eigenvalue weighted by Crippen LogP contribution is -2.51. The molecular formula is C10H18N2O5. The topological polar surface area (TPSA) is 79.3 Å². The second kappa shape index (κ2) is 7.08. The van der Waals surface area contributed by atoms with Crippen LogP contribution in [-0.4, -0.2) is 80.0 Å². The molecule has 0 spiro atoms. The molecule has 0 atom stereocenters. The van der Waals surface area contributed by atoms with Crippen LogP contribution in [0.5, 0.6) is 0 Å². The van der Waals surface area contributed by atoms with Crippen LogP contribution in [0.3, 0.4) is 0 Å². The maximum absolute atomic E-state index is 11.5. The van der Waals surface area contributed by atoms with Crippen molar-refractivity contribution >= 4 is 12.0 Å². The summed E-state index contributed by atoms with van der Waals surface area (Å²) in [6.07, 6.45) is -0.446. The summed E-state index contributed by atoms with van der Waals surface area (Å²) in [5.74, 6) is -0.0733. The molecule has 7 nitrogen and oxygen atoms in total. The van der Waals surface area contributed by atoms with Crippen LogP contribution in [-0.2, 0) is 14.3 Å². The molecule has 0 radical (unpaired) electrons. The molecule has 0 bridgehead atoms. The van der Waals surface area contributed by atoms with Gasteiger partial charge in [0.1, 0.15) is 13.2 Å². The minimum Gasteiger partial charge on any atom is -0.447 e. The lowest BCUT2D eigenvalue weighted by Gasteiger charge is -2.33. The van der Waals surface area contributed by atoms with E-state index >= 15 is 0 Å². The van der Waals surface area contributed by atoms with Gasteiger partial charge in [-0.25, -0.2) is 4.79 Å². The third kappa shape index (κ3) is 4.20. The fraction of sp³-hybridized carbons (Fsp3) is 0.800. The molecule has 17 heavy (non-hydrogen) atoms. The van der Waals surface area contributed by atoms with Gasteiger partial charge in [0.05, 0.1) is 6.61 Å². The monoisotopic (exact) mass is 246 g/mol. The normalized spacial score (nSPS) is 15.9. The van der Waals surface area contributed by atoms with E-state index in [2.05, 4.69) is 0 Å². The summed E-state index contributed by atoms with van der Waals surface area (Å²) in [7, 11) is 1.47. The molecule has 1 aliphatic rings. The highest BCUT2D eigenvalue weighted by atomic mass is 16.6. The number of hydrogen-bond acceptors (Lipinski definition) is 5. The Bertz CT molecular complexity index is 263. The molecule has 0 aliphatic carbocycles. The summed E-state index contributed by atoms with van der Waals surface area (Å²) < 4.78 is 9.54. The van der Waals surface area contributed by atoms with Gasteiger partial charge in [0.15, 0.2) is 0 Å². The van der Waals surface area contributed by atoms with Crippen molar-refractivity contribution in [1.29, 1.82) is 0 Å². The molecule has 98 valence electrons. The molecular weight excluding hydrogens is 228 g/mol.